The van der Waals surface area contributed by atoms with Crippen LogP contribution in [-0.2, 0) is 5.41 Å². The van der Waals surface area contributed by atoms with E-state index in [0.29, 0.717) is 16.2 Å². The number of hydrogen-bond acceptors (Lipinski definition) is 4. The van der Waals surface area contributed by atoms with Crippen molar-refractivity contribution < 1.29 is 8.83 Å². The fourth-order valence-corrected chi connectivity index (χ4v) is 10.8. The summed E-state index contributed by atoms with van der Waals surface area (Å²) in [7, 11) is 0. The van der Waals surface area contributed by atoms with Crippen LogP contribution in [0.3, 0.4) is 0 Å². The summed E-state index contributed by atoms with van der Waals surface area (Å²) < 4.78 is 14.6. The van der Waals surface area contributed by atoms with Crippen molar-refractivity contribution in [2.24, 2.45) is 0 Å². The fraction of sp³-hybridized carbons (Fsp3) is 0.200. The number of hydrogen-bond donors (Lipinski definition) is 0. The molecule has 0 spiro atoms. The molecule has 0 bridgehead atoms. The number of furan rings is 2. The second kappa shape index (κ2) is 21.5. The average Bonchev–Trinajstić information content (AvgIpc) is 4.03. The largest absolute Gasteiger partial charge is 0.454 e. The van der Waals surface area contributed by atoms with E-state index in [1.165, 1.54) is 55.0 Å². The molecule has 10 aromatic carbocycles. The lowest BCUT2D eigenvalue weighted by molar-refractivity contribution is 0.573. The van der Waals surface area contributed by atoms with Crippen LogP contribution in [0.15, 0.2) is 220 Å². The fourth-order valence-electron chi connectivity index (χ4n) is 10.3. The number of alkyl halides is 1. The number of fused-ring (bicyclic) bond motifs is 8. The molecule has 0 aliphatic rings. The Hall–Kier alpha value is -7.12. The summed E-state index contributed by atoms with van der Waals surface area (Å²) in [5.74, 6) is 0.754. The molecule has 382 valence electrons. The van der Waals surface area contributed by atoms with Crippen molar-refractivity contribution >= 4 is 131 Å². The zero-order valence-corrected chi connectivity index (χ0v) is 48.4. The third-order valence-corrected chi connectivity index (χ3v) is 14.5. The van der Waals surface area contributed by atoms with Crippen LogP contribution in [0.5, 0.6) is 0 Å². The first-order valence-electron chi connectivity index (χ1n) is 26.4. The SMILES string of the molecule is CC(C)(C)Br.CC(C)c1ccccc1N(c1ccc2ccccc2c1)c1cccc2c1oc1c(Br)cccc12.CC(C)c1ccccc1N(c1ccc2ccccc2c1)c1cccc2c1oc1c(C(C)(C)C)cccc12. The molecule has 0 saturated heterocycles. The number of rotatable bonds is 8. The van der Waals surface area contributed by atoms with Crippen molar-refractivity contribution in [3.63, 3.8) is 0 Å². The highest BCUT2D eigenvalue weighted by Crippen LogP contribution is 2.48. The number of para-hydroxylation sites is 6. The topological polar surface area (TPSA) is 32.8 Å². The van der Waals surface area contributed by atoms with E-state index in [-0.39, 0.29) is 5.41 Å². The second-order valence-corrected chi connectivity index (χ2v) is 25.5. The first-order valence-corrected chi connectivity index (χ1v) is 28.0. The van der Waals surface area contributed by atoms with E-state index in [0.717, 1.165) is 65.7 Å². The van der Waals surface area contributed by atoms with Gasteiger partial charge in [-0.25, -0.2) is 0 Å². The van der Waals surface area contributed by atoms with Crippen LogP contribution >= 0.6 is 31.9 Å². The van der Waals surface area contributed by atoms with Gasteiger partial charge in [0.2, 0.25) is 0 Å². The van der Waals surface area contributed by atoms with Crippen molar-refractivity contribution in [2.45, 2.75) is 90.8 Å². The van der Waals surface area contributed by atoms with Crippen LogP contribution in [0, 0.1) is 0 Å². The minimum Gasteiger partial charge on any atom is -0.454 e. The lowest BCUT2D eigenvalue weighted by atomic mass is 9.86. The lowest BCUT2D eigenvalue weighted by Gasteiger charge is -2.29. The summed E-state index contributed by atoms with van der Waals surface area (Å²) in [6, 6.07) is 73.5. The van der Waals surface area contributed by atoms with E-state index in [9.17, 15) is 0 Å². The quantitative estimate of drug-likeness (QED) is 0.142. The number of halogens is 2. The third-order valence-electron chi connectivity index (χ3n) is 13.8. The van der Waals surface area contributed by atoms with E-state index in [2.05, 4.69) is 311 Å². The van der Waals surface area contributed by atoms with E-state index in [1.807, 2.05) is 6.07 Å². The molecule has 0 fully saturated rings. The summed E-state index contributed by atoms with van der Waals surface area (Å²) in [4.78, 5) is 4.73. The molecule has 2 aromatic heterocycles. The number of anilines is 6. The van der Waals surface area contributed by atoms with Crippen molar-refractivity contribution in [2.75, 3.05) is 9.80 Å². The van der Waals surface area contributed by atoms with Gasteiger partial charge < -0.3 is 18.6 Å². The predicted octanol–water partition coefficient (Wildman–Crippen LogP) is 22.9. The van der Waals surface area contributed by atoms with Gasteiger partial charge in [-0.3, -0.25) is 0 Å². The molecule has 6 heteroatoms. The second-order valence-electron chi connectivity index (χ2n) is 22.3. The van der Waals surface area contributed by atoms with Crippen molar-refractivity contribution in [3.8, 4) is 0 Å². The van der Waals surface area contributed by atoms with Crippen LogP contribution in [-0.4, -0.2) is 4.32 Å². The maximum absolute atomic E-state index is 6.81. The molecule has 12 aromatic rings. The average molecular weight is 1130 g/mol. The third kappa shape index (κ3) is 10.7. The molecule has 0 amide bonds. The summed E-state index contributed by atoms with van der Waals surface area (Å²) in [5, 5.41) is 9.44. The van der Waals surface area contributed by atoms with Crippen molar-refractivity contribution in [1.82, 2.24) is 0 Å². The maximum atomic E-state index is 6.81. The Morgan fingerprint density at radius 3 is 1.17 bits per heavy atom. The molecule has 0 atom stereocenters. The number of benzene rings is 10. The van der Waals surface area contributed by atoms with Gasteiger partial charge in [0, 0.05) is 54.2 Å². The van der Waals surface area contributed by atoms with Crippen LogP contribution in [0.25, 0.3) is 65.4 Å². The Morgan fingerprint density at radius 2 is 0.724 bits per heavy atom. The standard InChI is InChI=1S/C35H33NO.C31H24BrNO.C4H9Br/c1-23(2)27-14-8-9-18-31(27)36(26-21-20-24-12-6-7-13-25(24)22-26)32-19-11-16-29-28-15-10-17-30(35(3,4)5)33(28)37-34(29)32;1-20(2)24-11-5-6-15-28(24)33(23-18-17-21-9-3-4-10-22(21)19-23)29-16-8-13-26-25-12-7-14-27(32)30(25)34-31(26)29;1-4(2,3)5/h6-23H,1-5H3;3-20H,1-2H3;1-3H3. The Balaban J connectivity index is 0.000000159. The zero-order valence-electron chi connectivity index (χ0n) is 45.3. The van der Waals surface area contributed by atoms with E-state index in [1.54, 1.807) is 0 Å². The lowest BCUT2D eigenvalue weighted by Crippen LogP contribution is -2.13. The normalized spacial score (nSPS) is 11.9. The Labute approximate surface area is 465 Å². The molecule has 76 heavy (non-hydrogen) atoms. The number of nitrogens with zero attached hydrogens (tertiary/aromatic N) is 2. The minimum absolute atomic E-state index is 0.0180. The highest BCUT2D eigenvalue weighted by atomic mass is 79.9. The summed E-state index contributed by atoms with van der Waals surface area (Å²) in [5.41, 5.74) is 14.1. The van der Waals surface area contributed by atoms with Gasteiger partial charge in [-0.1, -0.05) is 237 Å². The molecular weight excluding hydrogens is 1060 g/mol. The van der Waals surface area contributed by atoms with Gasteiger partial charge in [0.1, 0.15) is 11.2 Å². The Morgan fingerprint density at radius 1 is 0.368 bits per heavy atom. The van der Waals surface area contributed by atoms with Gasteiger partial charge in [-0.2, -0.15) is 0 Å². The maximum Gasteiger partial charge on any atom is 0.159 e. The molecule has 0 unspecified atom stereocenters. The minimum atomic E-state index is -0.0180. The van der Waals surface area contributed by atoms with E-state index in [4.69, 9.17) is 8.83 Å². The van der Waals surface area contributed by atoms with E-state index < -0.39 is 0 Å². The van der Waals surface area contributed by atoms with Crippen LogP contribution in [0.1, 0.15) is 97.8 Å². The molecule has 0 N–H and O–H groups in total. The van der Waals surface area contributed by atoms with Gasteiger partial charge in [0.15, 0.2) is 11.2 Å². The van der Waals surface area contributed by atoms with Gasteiger partial charge in [-0.15, -0.1) is 0 Å². The van der Waals surface area contributed by atoms with Crippen molar-refractivity contribution in [3.05, 3.63) is 227 Å². The highest BCUT2D eigenvalue weighted by molar-refractivity contribution is 9.10. The first kappa shape index (κ1) is 52.3. The van der Waals surface area contributed by atoms with E-state index >= 15 is 0 Å². The molecular formula is C70H66Br2N2O2. The molecule has 4 nitrogen and oxygen atoms in total. The molecule has 12 rings (SSSR count). The van der Waals surface area contributed by atoms with Gasteiger partial charge in [-0.05, 0) is 120 Å². The van der Waals surface area contributed by atoms with Gasteiger partial charge in [0.05, 0.1) is 15.8 Å². The summed E-state index contributed by atoms with van der Waals surface area (Å²) in [6.45, 7) is 22.1. The molecule has 0 aliphatic heterocycles. The summed E-state index contributed by atoms with van der Waals surface area (Å²) in [6.07, 6.45) is 0. The molecule has 2 heterocycles. The monoisotopic (exact) mass is 1120 g/mol. The zero-order chi connectivity index (χ0) is 53.5. The van der Waals surface area contributed by atoms with Crippen molar-refractivity contribution in [1.29, 1.82) is 0 Å². The summed E-state index contributed by atoms with van der Waals surface area (Å²) >= 11 is 7.05. The van der Waals surface area contributed by atoms with Crippen LogP contribution in [0.2, 0.25) is 0 Å². The van der Waals surface area contributed by atoms with Crippen LogP contribution < -0.4 is 9.80 Å². The van der Waals surface area contributed by atoms with Crippen LogP contribution in [0.4, 0.5) is 34.1 Å². The highest BCUT2D eigenvalue weighted by Gasteiger charge is 2.26. The molecule has 0 radical (unpaired) electrons. The van der Waals surface area contributed by atoms with Gasteiger partial charge >= 0.3 is 0 Å². The molecule has 0 aliphatic carbocycles. The van der Waals surface area contributed by atoms with Gasteiger partial charge in [0.25, 0.3) is 0 Å². The smallest absolute Gasteiger partial charge is 0.159 e. The Bertz CT molecular complexity index is 4030. The Kier molecular flexibility index (Phi) is 14.8. The first-order chi connectivity index (χ1) is 36.4. The molecule has 0 saturated carbocycles. The predicted molar refractivity (Wildman–Crippen MR) is 335 cm³/mol.